The summed E-state index contributed by atoms with van der Waals surface area (Å²) in [6.07, 6.45) is 8.11. The zero-order valence-corrected chi connectivity index (χ0v) is 13.1. The number of hydrogen-bond acceptors (Lipinski definition) is 3. The van der Waals surface area contributed by atoms with Crippen molar-refractivity contribution in [1.82, 2.24) is 20.1 Å². The molecular weight excluding hydrogens is 264 g/mol. The number of H-pyrrole nitrogens is 1. The Kier molecular flexibility index (Phi) is 4.27. The van der Waals surface area contributed by atoms with Crippen molar-refractivity contribution in [1.29, 1.82) is 0 Å². The molecule has 0 aliphatic heterocycles. The van der Waals surface area contributed by atoms with Crippen LogP contribution in [0.2, 0.25) is 0 Å². The number of nitrogens with zero attached hydrogens (tertiary/aromatic N) is 3. The minimum Gasteiger partial charge on any atom is -0.333 e. The zero-order chi connectivity index (χ0) is 14.8. The Labute approximate surface area is 126 Å². The van der Waals surface area contributed by atoms with Gasteiger partial charge in [0.1, 0.15) is 5.82 Å². The Balaban J connectivity index is 1.71. The van der Waals surface area contributed by atoms with Crippen LogP contribution in [0.15, 0.2) is 0 Å². The van der Waals surface area contributed by atoms with E-state index in [9.17, 15) is 4.79 Å². The number of carbonyl (C=O) groups is 1. The lowest BCUT2D eigenvalue weighted by molar-refractivity contribution is 0.0659. The van der Waals surface area contributed by atoms with Gasteiger partial charge in [-0.3, -0.25) is 9.89 Å². The average molecular weight is 290 g/mol. The molecule has 0 bridgehead atoms. The fourth-order valence-corrected chi connectivity index (χ4v) is 3.10. The molecule has 1 aromatic rings. The number of aromatic amines is 1. The molecule has 2 fully saturated rings. The molecule has 2 aliphatic carbocycles. The smallest absolute Gasteiger partial charge is 0.293 e. The largest absolute Gasteiger partial charge is 0.333 e. The predicted molar refractivity (Wildman–Crippen MR) is 81.1 cm³/mol. The van der Waals surface area contributed by atoms with E-state index in [1.54, 1.807) is 0 Å². The van der Waals surface area contributed by atoms with Crippen LogP contribution >= 0.6 is 0 Å². The summed E-state index contributed by atoms with van der Waals surface area (Å²) in [5, 5.41) is 7.12. The summed E-state index contributed by atoms with van der Waals surface area (Å²) in [5.74, 6) is 2.40. The molecule has 2 saturated carbocycles. The number of carbonyl (C=O) groups excluding carboxylic acids is 1. The predicted octanol–water partition coefficient (Wildman–Crippen LogP) is 3.11. The van der Waals surface area contributed by atoms with Crippen LogP contribution in [0.1, 0.15) is 81.2 Å². The maximum absolute atomic E-state index is 12.8. The van der Waals surface area contributed by atoms with Gasteiger partial charge in [-0.15, -0.1) is 5.10 Å². The maximum atomic E-state index is 12.8. The number of amides is 1. The first-order valence-corrected chi connectivity index (χ1v) is 8.38. The molecule has 0 radical (unpaired) electrons. The van der Waals surface area contributed by atoms with Crippen LogP contribution in [0, 0.1) is 5.92 Å². The molecule has 0 unspecified atom stereocenters. The van der Waals surface area contributed by atoms with Crippen LogP contribution in [0.4, 0.5) is 0 Å². The fraction of sp³-hybridized carbons (Fsp3) is 0.812. The second-order valence-electron chi connectivity index (χ2n) is 6.94. The van der Waals surface area contributed by atoms with Gasteiger partial charge in [0.2, 0.25) is 5.82 Å². The standard InChI is InChI=1S/C16H26N4O/c1-11(2)9-10-20(13-5-3-4-6-13)16(21)15-17-14(18-19-15)12-7-8-12/h11-13H,3-10H2,1-2H3,(H,17,18,19). The lowest BCUT2D eigenvalue weighted by Crippen LogP contribution is -2.40. The molecule has 0 saturated heterocycles. The Bertz CT molecular complexity index is 486. The third-order valence-corrected chi connectivity index (χ3v) is 4.63. The Morgan fingerprint density at radius 1 is 1.29 bits per heavy atom. The normalized spacial score (nSPS) is 19.4. The second-order valence-corrected chi connectivity index (χ2v) is 6.94. The minimum atomic E-state index is 0.0192. The van der Waals surface area contributed by atoms with Crippen LogP contribution in [-0.4, -0.2) is 38.6 Å². The summed E-state index contributed by atoms with van der Waals surface area (Å²) in [4.78, 5) is 19.2. The van der Waals surface area contributed by atoms with Gasteiger partial charge in [-0.25, -0.2) is 4.98 Å². The van der Waals surface area contributed by atoms with Gasteiger partial charge in [0, 0.05) is 18.5 Å². The lowest BCUT2D eigenvalue weighted by atomic mass is 10.1. The van der Waals surface area contributed by atoms with Gasteiger partial charge in [-0.1, -0.05) is 26.7 Å². The van der Waals surface area contributed by atoms with Gasteiger partial charge in [0.25, 0.3) is 5.91 Å². The summed E-state index contributed by atoms with van der Waals surface area (Å²) >= 11 is 0. The van der Waals surface area contributed by atoms with Crippen LogP contribution in [-0.2, 0) is 0 Å². The van der Waals surface area contributed by atoms with Crippen molar-refractivity contribution in [2.75, 3.05) is 6.54 Å². The third-order valence-electron chi connectivity index (χ3n) is 4.63. The Morgan fingerprint density at radius 2 is 2.00 bits per heavy atom. The monoisotopic (exact) mass is 290 g/mol. The first-order chi connectivity index (χ1) is 10.1. The third kappa shape index (κ3) is 3.44. The van der Waals surface area contributed by atoms with E-state index in [-0.39, 0.29) is 5.91 Å². The molecule has 0 aromatic carbocycles. The number of aromatic nitrogens is 3. The molecule has 2 aliphatic rings. The molecule has 1 amide bonds. The molecule has 0 spiro atoms. The van der Waals surface area contributed by atoms with Crippen LogP contribution < -0.4 is 0 Å². The van der Waals surface area contributed by atoms with Gasteiger partial charge >= 0.3 is 0 Å². The first kappa shape index (κ1) is 14.5. The number of rotatable bonds is 6. The summed E-state index contributed by atoms with van der Waals surface area (Å²) in [5.41, 5.74) is 0. The van der Waals surface area contributed by atoms with Gasteiger partial charge in [-0.2, -0.15) is 0 Å². The van der Waals surface area contributed by atoms with E-state index in [4.69, 9.17) is 0 Å². The second kappa shape index (κ2) is 6.16. The van der Waals surface area contributed by atoms with Crippen molar-refractivity contribution in [2.45, 2.75) is 70.8 Å². The van der Waals surface area contributed by atoms with E-state index in [1.165, 1.54) is 25.7 Å². The van der Waals surface area contributed by atoms with E-state index in [2.05, 4.69) is 29.0 Å². The molecule has 116 valence electrons. The highest BCUT2D eigenvalue weighted by Gasteiger charge is 2.32. The van der Waals surface area contributed by atoms with Crippen molar-refractivity contribution in [2.24, 2.45) is 5.92 Å². The Morgan fingerprint density at radius 3 is 2.62 bits per heavy atom. The van der Waals surface area contributed by atoms with E-state index in [0.717, 1.165) is 31.6 Å². The van der Waals surface area contributed by atoms with E-state index in [0.29, 0.717) is 23.7 Å². The summed E-state index contributed by atoms with van der Waals surface area (Å²) in [7, 11) is 0. The minimum absolute atomic E-state index is 0.0192. The van der Waals surface area contributed by atoms with Crippen LogP contribution in [0.3, 0.4) is 0 Å². The van der Waals surface area contributed by atoms with Crippen molar-refractivity contribution in [3.8, 4) is 0 Å². The average Bonchev–Trinajstić information content (AvgIpc) is 2.98. The van der Waals surface area contributed by atoms with Gasteiger partial charge in [-0.05, 0) is 38.0 Å². The molecular formula is C16H26N4O. The topological polar surface area (TPSA) is 61.9 Å². The van der Waals surface area contributed by atoms with Gasteiger partial charge in [0.15, 0.2) is 0 Å². The van der Waals surface area contributed by atoms with Crippen molar-refractivity contribution in [3.05, 3.63) is 11.6 Å². The summed E-state index contributed by atoms with van der Waals surface area (Å²) in [6.45, 7) is 5.24. The molecule has 1 N–H and O–H groups in total. The highest BCUT2D eigenvalue weighted by molar-refractivity contribution is 5.90. The molecule has 21 heavy (non-hydrogen) atoms. The van der Waals surface area contributed by atoms with Crippen molar-refractivity contribution in [3.63, 3.8) is 0 Å². The molecule has 5 nitrogen and oxygen atoms in total. The molecule has 0 atom stereocenters. The van der Waals surface area contributed by atoms with Crippen LogP contribution in [0.5, 0.6) is 0 Å². The molecule has 1 heterocycles. The maximum Gasteiger partial charge on any atom is 0.293 e. The quantitative estimate of drug-likeness (QED) is 0.875. The molecule has 3 rings (SSSR count). The fourth-order valence-electron chi connectivity index (χ4n) is 3.10. The van der Waals surface area contributed by atoms with Gasteiger partial charge < -0.3 is 4.90 Å². The highest BCUT2D eigenvalue weighted by Crippen LogP contribution is 2.37. The number of hydrogen-bond donors (Lipinski definition) is 1. The molecule has 1 aromatic heterocycles. The zero-order valence-electron chi connectivity index (χ0n) is 13.1. The summed E-state index contributed by atoms with van der Waals surface area (Å²) < 4.78 is 0. The Hall–Kier alpha value is -1.39. The molecule has 5 heteroatoms. The SMILES string of the molecule is CC(C)CCN(C(=O)c1n[nH]c(C2CC2)n1)C1CCCC1. The van der Waals surface area contributed by atoms with E-state index < -0.39 is 0 Å². The van der Waals surface area contributed by atoms with E-state index >= 15 is 0 Å². The van der Waals surface area contributed by atoms with E-state index in [1.807, 2.05) is 4.90 Å². The summed E-state index contributed by atoms with van der Waals surface area (Å²) in [6, 6.07) is 0.388. The van der Waals surface area contributed by atoms with Gasteiger partial charge in [0.05, 0.1) is 0 Å². The van der Waals surface area contributed by atoms with Crippen LogP contribution in [0.25, 0.3) is 0 Å². The van der Waals surface area contributed by atoms with Crippen molar-refractivity contribution < 1.29 is 4.79 Å². The number of nitrogens with one attached hydrogen (secondary N) is 1. The first-order valence-electron chi connectivity index (χ1n) is 8.38. The van der Waals surface area contributed by atoms with Crippen molar-refractivity contribution >= 4 is 5.91 Å². The lowest BCUT2D eigenvalue weighted by Gasteiger charge is -2.28. The highest BCUT2D eigenvalue weighted by atomic mass is 16.2.